The lowest BCUT2D eigenvalue weighted by Gasteiger charge is -2.45. The number of hydrogen-bond acceptors (Lipinski definition) is 5. The van der Waals surface area contributed by atoms with E-state index in [1.807, 2.05) is 66.5 Å². The quantitative estimate of drug-likeness (QED) is 0.511. The van der Waals surface area contributed by atoms with E-state index in [-0.39, 0.29) is 11.8 Å². The van der Waals surface area contributed by atoms with E-state index in [0.29, 0.717) is 43.1 Å². The molecule has 0 bridgehead atoms. The number of carbonyl (C=O) groups is 2. The Balaban J connectivity index is 1.42. The van der Waals surface area contributed by atoms with Crippen LogP contribution in [0.15, 0.2) is 66.7 Å². The normalized spacial score (nSPS) is 18.1. The molecule has 5 rings (SSSR count). The number of hydrogen-bond donors (Lipinski definition) is 1. The van der Waals surface area contributed by atoms with Gasteiger partial charge in [-0.05, 0) is 53.9 Å². The van der Waals surface area contributed by atoms with Crippen LogP contribution in [0.2, 0.25) is 0 Å². The second kappa shape index (κ2) is 10.6. The molecule has 2 atom stereocenters. The third-order valence-electron chi connectivity index (χ3n) is 7.40. The molecule has 2 aliphatic heterocycles. The lowest BCUT2D eigenvalue weighted by Crippen LogP contribution is -2.50. The fraction of sp³-hybridized carbons (Fsp3) is 0.333. The first-order valence-corrected chi connectivity index (χ1v) is 12.7. The molecular formula is C30H33N3O4. The number of nitrogens with zero attached hydrogens (tertiary/aromatic N) is 2. The van der Waals surface area contributed by atoms with Crippen molar-refractivity contribution in [1.82, 2.24) is 15.1 Å². The molecule has 192 valence electrons. The Labute approximate surface area is 218 Å². The molecule has 0 saturated carbocycles. The zero-order valence-corrected chi connectivity index (χ0v) is 21.6. The predicted molar refractivity (Wildman–Crippen MR) is 142 cm³/mol. The summed E-state index contributed by atoms with van der Waals surface area (Å²) in [5.74, 6) is 0.611. The summed E-state index contributed by atoms with van der Waals surface area (Å²) in [6.45, 7) is 2.58. The van der Waals surface area contributed by atoms with Gasteiger partial charge in [-0.25, -0.2) is 0 Å². The number of methoxy groups -OCH3 is 2. The summed E-state index contributed by atoms with van der Waals surface area (Å²) in [6.07, 6.45) is 0.693. The molecule has 0 fully saturated rings. The molecule has 3 aromatic carbocycles. The average Bonchev–Trinajstić information content (AvgIpc) is 2.92. The van der Waals surface area contributed by atoms with Gasteiger partial charge in [0, 0.05) is 31.7 Å². The standard InChI is InChI=1S/C30H33N3O4/c1-32(19-20-9-5-4-6-10-20)16-14-31-29(34)27-22-11-7-8-12-23(22)30(35)33-15-13-21-17-25(36-2)26(37-3)18-24(21)28(27)33/h4-12,17-18,27-28H,13-16,19H2,1-3H3,(H,31,34)/t27-,28-/m1/s1. The average molecular weight is 500 g/mol. The number of rotatable bonds is 8. The van der Waals surface area contributed by atoms with Crippen molar-refractivity contribution in [1.29, 1.82) is 0 Å². The number of likely N-dealkylation sites (N-methyl/N-ethyl adjacent to an activating group) is 1. The van der Waals surface area contributed by atoms with Gasteiger partial charge < -0.3 is 24.6 Å². The Morgan fingerprint density at radius 3 is 2.46 bits per heavy atom. The highest BCUT2D eigenvalue weighted by Crippen LogP contribution is 2.48. The molecule has 0 aromatic heterocycles. The third kappa shape index (κ3) is 4.79. The molecule has 7 nitrogen and oxygen atoms in total. The Hall–Kier alpha value is -3.84. The highest BCUT2D eigenvalue weighted by atomic mass is 16.5. The molecule has 0 radical (unpaired) electrons. The van der Waals surface area contributed by atoms with E-state index in [9.17, 15) is 9.59 Å². The van der Waals surface area contributed by atoms with Gasteiger partial charge in [-0.2, -0.15) is 0 Å². The van der Waals surface area contributed by atoms with Gasteiger partial charge in [0.2, 0.25) is 5.91 Å². The molecule has 3 aromatic rings. The van der Waals surface area contributed by atoms with Gasteiger partial charge in [-0.3, -0.25) is 9.59 Å². The zero-order valence-electron chi connectivity index (χ0n) is 21.6. The predicted octanol–water partition coefficient (Wildman–Crippen LogP) is 3.79. The van der Waals surface area contributed by atoms with Crippen molar-refractivity contribution in [2.45, 2.75) is 24.9 Å². The SMILES string of the molecule is COc1cc2c(cc1OC)[C@@H]1[C@H](C(=O)NCCN(C)Cc3ccccc3)c3ccccc3C(=O)N1CC2. The van der Waals surface area contributed by atoms with E-state index in [1.165, 1.54) is 5.56 Å². The number of fused-ring (bicyclic) bond motifs is 4. The number of carbonyl (C=O) groups excluding carboxylic acids is 2. The van der Waals surface area contributed by atoms with Crippen molar-refractivity contribution in [3.05, 3.63) is 94.5 Å². The smallest absolute Gasteiger partial charge is 0.254 e. The van der Waals surface area contributed by atoms with E-state index in [1.54, 1.807) is 14.2 Å². The Bertz CT molecular complexity index is 1290. The van der Waals surface area contributed by atoms with Crippen LogP contribution in [-0.4, -0.2) is 62.5 Å². The maximum absolute atomic E-state index is 13.8. The lowest BCUT2D eigenvalue weighted by atomic mass is 9.75. The van der Waals surface area contributed by atoms with Crippen molar-refractivity contribution in [2.24, 2.45) is 0 Å². The topological polar surface area (TPSA) is 71.1 Å². The number of benzene rings is 3. The molecule has 0 spiro atoms. The van der Waals surface area contributed by atoms with E-state index in [2.05, 4.69) is 22.3 Å². The first-order chi connectivity index (χ1) is 18.0. The van der Waals surface area contributed by atoms with Gasteiger partial charge in [-0.1, -0.05) is 48.5 Å². The summed E-state index contributed by atoms with van der Waals surface area (Å²) in [6, 6.07) is 21.3. The molecule has 0 saturated heterocycles. The summed E-state index contributed by atoms with van der Waals surface area (Å²) in [5.41, 5.74) is 4.62. The van der Waals surface area contributed by atoms with E-state index < -0.39 is 12.0 Å². The molecule has 2 amide bonds. The molecule has 7 heteroatoms. The monoisotopic (exact) mass is 499 g/mol. The summed E-state index contributed by atoms with van der Waals surface area (Å²) >= 11 is 0. The maximum Gasteiger partial charge on any atom is 0.254 e. The minimum Gasteiger partial charge on any atom is -0.493 e. The van der Waals surface area contributed by atoms with Gasteiger partial charge in [0.15, 0.2) is 11.5 Å². The van der Waals surface area contributed by atoms with Gasteiger partial charge >= 0.3 is 0 Å². The Morgan fingerprint density at radius 2 is 1.70 bits per heavy atom. The van der Waals surface area contributed by atoms with Crippen LogP contribution in [0.5, 0.6) is 11.5 Å². The molecule has 0 aliphatic carbocycles. The number of nitrogens with one attached hydrogen (secondary N) is 1. The molecule has 2 aliphatic rings. The van der Waals surface area contributed by atoms with E-state index >= 15 is 0 Å². The largest absolute Gasteiger partial charge is 0.493 e. The van der Waals surface area contributed by atoms with Crippen LogP contribution in [-0.2, 0) is 17.8 Å². The highest BCUT2D eigenvalue weighted by molar-refractivity contribution is 6.01. The summed E-state index contributed by atoms with van der Waals surface area (Å²) in [5, 5.41) is 3.17. The van der Waals surface area contributed by atoms with Gasteiger partial charge in [0.1, 0.15) is 0 Å². The fourth-order valence-corrected chi connectivity index (χ4v) is 5.59. The fourth-order valence-electron chi connectivity index (χ4n) is 5.59. The van der Waals surface area contributed by atoms with Crippen molar-refractivity contribution >= 4 is 11.8 Å². The number of ether oxygens (including phenoxy) is 2. The molecule has 1 N–H and O–H groups in total. The number of amides is 2. The molecule has 2 heterocycles. The van der Waals surface area contributed by atoms with Crippen LogP contribution >= 0.6 is 0 Å². The first kappa shape index (κ1) is 24.8. The van der Waals surface area contributed by atoms with Gasteiger partial charge in [-0.15, -0.1) is 0 Å². The summed E-state index contributed by atoms with van der Waals surface area (Å²) in [7, 11) is 5.26. The second-order valence-corrected chi connectivity index (χ2v) is 9.68. The second-order valence-electron chi connectivity index (χ2n) is 9.68. The zero-order chi connectivity index (χ0) is 25.9. The Kier molecular flexibility index (Phi) is 7.15. The summed E-state index contributed by atoms with van der Waals surface area (Å²) in [4.78, 5) is 31.4. The minimum atomic E-state index is -0.523. The van der Waals surface area contributed by atoms with Crippen LogP contribution in [0, 0.1) is 0 Å². The van der Waals surface area contributed by atoms with E-state index in [0.717, 1.165) is 23.2 Å². The molecule has 37 heavy (non-hydrogen) atoms. The van der Waals surface area contributed by atoms with Crippen molar-refractivity contribution in [3.63, 3.8) is 0 Å². The van der Waals surface area contributed by atoms with E-state index in [4.69, 9.17) is 9.47 Å². The minimum absolute atomic E-state index is 0.0346. The van der Waals surface area contributed by atoms with Crippen LogP contribution < -0.4 is 14.8 Å². The van der Waals surface area contributed by atoms with Crippen molar-refractivity contribution in [2.75, 3.05) is 40.9 Å². The summed E-state index contributed by atoms with van der Waals surface area (Å²) < 4.78 is 11.1. The highest BCUT2D eigenvalue weighted by Gasteiger charge is 2.46. The maximum atomic E-state index is 13.8. The van der Waals surface area contributed by atoms with Gasteiger partial charge in [0.05, 0.1) is 26.2 Å². The molecular weight excluding hydrogens is 466 g/mol. The Morgan fingerprint density at radius 1 is 1.00 bits per heavy atom. The van der Waals surface area contributed by atoms with Crippen molar-refractivity contribution in [3.8, 4) is 11.5 Å². The van der Waals surface area contributed by atoms with Crippen LogP contribution in [0.3, 0.4) is 0 Å². The van der Waals surface area contributed by atoms with Crippen molar-refractivity contribution < 1.29 is 19.1 Å². The van der Waals surface area contributed by atoms with Crippen LogP contribution in [0.4, 0.5) is 0 Å². The van der Waals surface area contributed by atoms with Crippen LogP contribution in [0.25, 0.3) is 0 Å². The first-order valence-electron chi connectivity index (χ1n) is 12.7. The van der Waals surface area contributed by atoms with Gasteiger partial charge in [0.25, 0.3) is 5.91 Å². The van der Waals surface area contributed by atoms with Crippen LogP contribution in [0.1, 0.15) is 44.6 Å². The third-order valence-corrected chi connectivity index (χ3v) is 7.40. The molecule has 0 unspecified atom stereocenters. The lowest BCUT2D eigenvalue weighted by molar-refractivity contribution is -0.124.